The van der Waals surface area contributed by atoms with Crippen LogP contribution in [0.4, 0.5) is 14.9 Å². The van der Waals surface area contributed by atoms with Crippen LogP contribution in [0.1, 0.15) is 33.3 Å². The molecule has 8 nitrogen and oxygen atoms in total. The number of hydrogen-bond donors (Lipinski definition) is 2. The number of nitrogens with one attached hydrogen (secondary N) is 1. The molecular weight excluding hydrogens is 389 g/mol. The van der Waals surface area contributed by atoms with E-state index in [-0.39, 0.29) is 24.5 Å². The SMILES string of the molecule is COCC(C)NC(N)=NCc1ccc(N2CCN(C(=O)OC(C)(C)C)CC2)c(F)c1. The fraction of sp³-hybridized carbons (Fsp3) is 0.619. The maximum atomic E-state index is 14.7. The first-order chi connectivity index (χ1) is 14.1. The molecule has 9 heteroatoms. The van der Waals surface area contributed by atoms with Gasteiger partial charge in [0.2, 0.25) is 0 Å². The van der Waals surface area contributed by atoms with E-state index in [1.54, 1.807) is 18.1 Å². The van der Waals surface area contributed by atoms with E-state index in [4.69, 9.17) is 15.2 Å². The highest BCUT2D eigenvalue weighted by molar-refractivity contribution is 5.78. The lowest BCUT2D eigenvalue weighted by Crippen LogP contribution is -2.50. The van der Waals surface area contributed by atoms with Crippen molar-refractivity contribution in [3.8, 4) is 0 Å². The summed E-state index contributed by atoms with van der Waals surface area (Å²) >= 11 is 0. The number of carbonyl (C=O) groups is 1. The van der Waals surface area contributed by atoms with Gasteiger partial charge < -0.3 is 30.3 Å². The van der Waals surface area contributed by atoms with Crippen LogP contribution in [0.5, 0.6) is 0 Å². The molecule has 168 valence electrons. The number of nitrogens with two attached hydrogens (primary N) is 1. The van der Waals surface area contributed by atoms with E-state index in [9.17, 15) is 9.18 Å². The number of anilines is 1. The molecule has 1 aromatic rings. The summed E-state index contributed by atoms with van der Waals surface area (Å²) in [6, 6.07) is 5.11. The number of ether oxygens (including phenoxy) is 2. The highest BCUT2D eigenvalue weighted by Crippen LogP contribution is 2.23. The molecule has 0 radical (unpaired) electrons. The highest BCUT2D eigenvalue weighted by Gasteiger charge is 2.26. The van der Waals surface area contributed by atoms with Gasteiger partial charge in [0.1, 0.15) is 11.4 Å². The normalized spacial score (nSPS) is 16.4. The molecule has 30 heavy (non-hydrogen) atoms. The third-order valence-corrected chi connectivity index (χ3v) is 4.53. The minimum absolute atomic E-state index is 0.0391. The quantitative estimate of drug-likeness (QED) is 0.539. The van der Waals surface area contributed by atoms with Crippen molar-refractivity contribution in [1.29, 1.82) is 0 Å². The number of hydrogen-bond acceptors (Lipinski definition) is 5. The van der Waals surface area contributed by atoms with Crippen LogP contribution in [0.15, 0.2) is 23.2 Å². The Morgan fingerprint density at radius 3 is 2.53 bits per heavy atom. The number of halogens is 1. The number of benzene rings is 1. The van der Waals surface area contributed by atoms with Gasteiger partial charge in [-0.15, -0.1) is 0 Å². The van der Waals surface area contributed by atoms with Crippen LogP contribution in [-0.2, 0) is 16.0 Å². The van der Waals surface area contributed by atoms with E-state index in [0.717, 1.165) is 5.56 Å². The van der Waals surface area contributed by atoms with Crippen molar-refractivity contribution in [2.45, 2.75) is 45.9 Å². The molecule has 1 atom stereocenters. The van der Waals surface area contributed by atoms with Crippen molar-refractivity contribution >= 4 is 17.7 Å². The first-order valence-corrected chi connectivity index (χ1v) is 10.2. The molecule has 0 spiro atoms. The van der Waals surface area contributed by atoms with Gasteiger partial charge in [0, 0.05) is 39.3 Å². The third-order valence-electron chi connectivity index (χ3n) is 4.53. The fourth-order valence-corrected chi connectivity index (χ4v) is 3.13. The lowest BCUT2D eigenvalue weighted by Gasteiger charge is -2.36. The second kappa shape index (κ2) is 10.5. The number of guanidine groups is 1. The summed E-state index contributed by atoms with van der Waals surface area (Å²) < 4.78 is 25.1. The van der Waals surface area contributed by atoms with Gasteiger partial charge in [-0.2, -0.15) is 0 Å². The van der Waals surface area contributed by atoms with Gasteiger partial charge in [0.05, 0.1) is 18.8 Å². The smallest absolute Gasteiger partial charge is 0.410 e. The average Bonchev–Trinajstić information content (AvgIpc) is 2.65. The summed E-state index contributed by atoms with van der Waals surface area (Å²) in [7, 11) is 1.62. The van der Waals surface area contributed by atoms with Crippen LogP contribution in [0, 0.1) is 5.82 Å². The van der Waals surface area contributed by atoms with Gasteiger partial charge in [0.15, 0.2) is 5.96 Å². The molecule has 0 aromatic heterocycles. The summed E-state index contributed by atoms with van der Waals surface area (Å²) in [5, 5.41) is 3.01. The molecule has 1 unspecified atom stereocenters. The van der Waals surface area contributed by atoms with Gasteiger partial charge in [-0.1, -0.05) is 6.07 Å². The Bertz CT molecular complexity index is 743. The van der Waals surface area contributed by atoms with Gasteiger partial charge >= 0.3 is 6.09 Å². The summed E-state index contributed by atoms with van der Waals surface area (Å²) in [5.74, 6) is -0.0185. The summed E-state index contributed by atoms with van der Waals surface area (Å²) in [5.41, 5.74) is 6.57. The zero-order valence-electron chi connectivity index (χ0n) is 18.6. The Kier molecular flexibility index (Phi) is 8.28. The Morgan fingerprint density at radius 2 is 1.97 bits per heavy atom. The van der Waals surface area contributed by atoms with Crippen molar-refractivity contribution in [1.82, 2.24) is 10.2 Å². The number of nitrogens with zero attached hydrogens (tertiary/aromatic N) is 3. The van der Waals surface area contributed by atoms with Crippen LogP contribution in [0.2, 0.25) is 0 Å². The van der Waals surface area contributed by atoms with E-state index in [1.165, 1.54) is 6.07 Å². The lowest BCUT2D eigenvalue weighted by atomic mass is 10.1. The number of carbonyl (C=O) groups excluding carboxylic acids is 1. The van der Waals surface area contributed by atoms with Crippen LogP contribution in [0.3, 0.4) is 0 Å². The van der Waals surface area contributed by atoms with Crippen LogP contribution >= 0.6 is 0 Å². The Morgan fingerprint density at radius 1 is 1.30 bits per heavy atom. The van der Waals surface area contributed by atoms with E-state index in [1.807, 2.05) is 38.7 Å². The number of methoxy groups -OCH3 is 1. The van der Waals surface area contributed by atoms with Gasteiger partial charge in [-0.3, -0.25) is 0 Å². The molecule has 3 N–H and O–H groups in total. The highest BCUT2D eigenvalue weighted by atomic mass is 19.1. The largest absolute Gasteiger partial charge is 0.444 e. The second-order valence-corrected chi connectivity index (χ2v) is 8.44. The molecule has 1 aliphatic rings. The van der Waals surface area contributed by atoms with Crippen molar-refractivity contribution in [3.05, 3.63) is 29.6 Å². The molecular formula is C21H34FN5O3. The fourth-order valence-electron chi connectivity index (χ4n) is 3.13. The second-order valence-electron chi connectivity index (χ2n) is 8.44. The predicted molar refractivity (Wildman–Crippen MR) is 116 cm³/mol. The minimum atomic E-state index is -0.528. The number of amides is 1. The Labute approximate surface area is 178 Å². The van der Waals surface area contributed by atoms with Crippen molar-refractivity contribution < 1.29 is 18.7 Å². The molecule has 1 fully saturated rings. The van der Waals surface area contributed by atoms with Gasteiger partial charge in [0.25, 0.3) is 0 Å². The standard InChI is InChI=1S/C21H34FN5O3/c1-15(14-29-5)25-19(23)24-13-16-6-7-18(17(22)12-16)26-8-10-27(11-9-26)20(28)30-21(2,3)4/h6-7,12,15H,8-11,13-14H2,1-5H3,(H3,23,24,25). The molecule has 2 rings (SSSR count). The molecule has 1 aromatic carbocycles. The third kappa shape index (κ3) is 7.37. The van der Waals surface area contributed by atoms with E-state index >= 15 is 0 Å². The van der Waals surface area contributed by atoms with Crippen molar-refractivity contribution in [2.24, 2.45) is 10.7 Å². The molecule has 1 aliphatic heterocycles. The number of aliphatic imine (C=N–C) groups is 1. The molecule has 1 heterocycles. The van der Waals surface area contributed by atoms with Crippen molar-refractivity contribution in [2.75, 3.05) is 44.8 Å². The molecule has 1 saturated heterocycles. The van der Waals surface area contributed by atoms with Gasteiger partial charge in [-0.25, -0.2) is 14.2 Å². The van der Waals surface area contributed by atoms with E-state index in [0.29, 0.717) is 44.4 Å². The number of rotatable bonds is 6. The maximum Gasteiger partial charge on any atom is 0.410 e. The summed E-state index contributed by atoms with van der Waals surface area (Å²) in [6.07, 6.45) is -0.332. The van der Waals surface area contributed by atoms with Crippen LogP contribution in [0.25, 0.3) is 0 Å². The molecule has 0 aliphatic carbocycles. The van der Waals surface area contributed by atoms with Gasteiger partial charge in [-0.05, 0) is 45.4 Å². The van der Waals surface area contributed by atoms with E-state index < -0.39 is 5.60 Å². The lowest BCUT2D eigenvalue weighted by molar-refractivity contribution is 0.0240. The molecule has 1 amide bonds. The predicted octanol–water partition coefficient (Wildman–Crippen LogP) is 2.32. The summed E-state index contributed by atoms with van der Waals surface area (Å²) in [4.78, 5) is 20.0. The summed E-state index contributed by atoms with van der Waals surface area (Å²) in [6.45, 7) is 10.3. The first-order valence-electron chi connectivity index (χ1n) is 10.2. The van der Waals surface area contributed by atoms with Crippen LogP contribution < -0.4 is 16.0 Å². The number of piperazine rings is 1. The topological polar surface area (TPSA) is 92.4 Å². The van der Waals surface area contributed by atoms with Crippen molar-refractivity contribution in [3.63, 3.8) is 0 Å². The first kappa shape index (κ1) is 23.7. The Balaban J connectivity index is 1.91. The Hall–Kier alpha value is -2.55. The molecule has 0 bridgehead atoms. The average molecular weight is 424 g/mol. The zero-order valence-corrected chi connectivity index (χ0v) is 18.6. The molecule has 0 saturated carbocycles. The van der Waals surface area contributed by atoms with Crippen LogP contribution in [-0.4, -0.2) is 68.5 Å². The minimum Gasteiger partial charge on any atom is -0.444 e. The maximum absolute atomic E-state index is 14.7. The van der Waals surface area contributed by atoms with E-state index in [2.05, 4.69) is 10.3 Å². The monoisotopic (exact) mass is 423 g/mol. The zero-order chi connectivity index (χ0) is 22.3.